The molecule has 0 heterocycles. The second kappa shape index (κ2) is 8.49. The van der Waals surface area contributed by atoms with Crippen molar-refractivity contribution < 1.29 is 29.7 Å². The van der Waals surface area contributed by atoms with Gasteiger partial charge in [0.1, 0.15) is 11.6 Å². The summed E-state index contributed by atoms with van der Waals surface area (Å²) in [5, 5.41) is 11.6. The van der Waals surface area contributed by atoms with Gasteiger partial charge in [-0.3, -0.25) is 4.79 Å². The van der Waals surface area contributed by atoms with E-state index in [9.17, 15) is 19.5 Å². The van der Waals surface area contributed by atoms with Crippen LogP contribution in [0.1, 0.15) is 47.7 Å². The molecule has 0 saturated heterocycles. The van der Waals surface area contributed by atoms with Gasteiger partial charge in [-0.2, -0.15) is 0 Å². The van der Waals surface area contributed by atoms with Gasteiger partial charge in [-0.05, 0) is 26.3 Å². The van der Waals surface area contributed by atoms with Crippen molar-refractivity contribution in [3.05, 3.63) is 71.2 Å². The number of hydrogen-bond donors (Lipinski definition) is 2. The molecular formula is C21H23NO5. The number of benzene rings is 2. The van der Waals surface area contributed by atoms with E-state index in [1.165, 1.54) is 12.1 Å². The molecule has 2 rings (SSSR count). The number of ketones is 1. The van der Waals surface area contributed by atoms with Crippen LogP contribution in [0.3, 0.4) is 0 Å². The second-order valence-electron chi connectivity index (χ2n) is 6.79. The lowest BCUT2D eigenvalue weighted by Gasteiger charge is -2.22. The normalized spacial score (nSPS) is 14.2. The standard InChI is InChI=1S/C21H23NO5/c1-21(2,3)27-20(26)22-17(19(24)25)13-14-9-11-16(12-10-14)18(23)15-7-5-4-6-8-15/h4-12,17H,13H2,1-3H3,(H,22,26)(H,24,25)/i9T,10T,11T,12T. The SMILES string of the molecule is [3H]c1c([3H])c(C(=O)c2ccccc2)c([3H])c([3H])c1CC(NC(=O)OC(C)(C)C)C(=O)O. The van der Waals surface area contributed by atoms with Gasteiger partial charge < -0.3 is 15.2 Å². The quantitative estimate of drug-likeness (QED) is 0.752. The Bertz CT molecular complexity index is 990. The van der Waals surface area contributed by atoms with E-state index in [0.717, 1.165) is 0 Å². The van der Waals surface area contributed by atoms with Crippen molar-refractivity contribution in [1.82, 2.24) is 5.32 Å². The van der Waals surface area contributed by atoms with Gasteiger partial charge in [0, 0.05) is 17.5 Å². The van der Waals surface area contributed by atoms with E-state index >= 15 is 0 Å². The van der Waals surface area contributed by atoms with Crippen molar-refractivity contribution in [3.8, 4) is 0 Å². The molecule has 2 N–H and O–H groups in total. The highest BCUT2D eigenvalue weighted by atomic mass is 16.6. The first kappa shape index (κ1) is 15.0. The predicted octanol–water partition coefficient (Wildman–Crippen LogP) is 3.44. The summed E-state index contributed by atoms with van der Waals surface area (Å²) in [4.78, 5) is 36.3. The molecule has 0 aliphatic heterocycles. The van der Waals surface area contributed by atoms with Gasteiger partial charge in [-0.1, -0.05) is 54.5 Å². The van der Waals surface area contributed by atoms with Gasteiger partial charge >= 0.3 is 12.1 Å². The molecule has 1 unspecified atom stereocenters. The third kappa shape index (κ3) is 6.26. The van der Waals surface area contributed by atoms with Gasteiger partial charge in [0.25, 0.3) is 0 Å². The van der Waals surface area contributed by atoms with E-state index < -0.39 is 65.6 Å². The lowest BCUT2D eigenvalue weighted by molar-refractivity contribution is -0.139. The van der Waals surface area contributed by atoms with Crippen LogP contribution in [0.5, 0.6) is 0 Å². The first-order valence-electron chi connectivity index (χ1n) is 10.2. The molecule has 0 aliphatic carbocycles. The van der Waals surface area contributed by atoms with Crippen LogP contribution in [0.2, 0.25) is 0 Å². The largest absolute Gasteiger partial charge is 0.480 e. The zero-order chi connectivity index (χ0) is 23.5. The molecule has 6 heteroatoms. The molecule has 1 amide bonds. The topological polar surface area (TPSA) is 92.7 Å². The molecule has 0 bridgehead atoms. The molecule has 2 aromatic rings. The highest BCUT2D eigenvalue weighted by Crippen LogP contribution is 2.13. The van der Waals surface area contributed by atoms with E-state index in [4.69, 9.17) is 10.2 Å². The molecule has 27 heavy (non-hydrogen) atoms. The summed E-state index contributed by atoms with van der Waals surface area (Å²) in [5.74, 6) is -2.11. The van der Waals surface area contributed by atoms with E-state index in [1.54, 1.807) is 39.0 Å². The number of amides is 1. The summed E-state index contributed by atoms with van der Waals surface area (Å²) in [6.45, 7) is 4.81. The molecule has 0 aromatic heterocycles. The fourth-order valence-electron chi connectivity index (χ4n) is 2.14. The number of carbonyl (C=O) groups excluding carboxylic acids is 2. The molecule has 0 radical (unpaired) electrons. The van der Waals surface area contributed by atoms with Crippen molar-refractivity contribution in [2.45, 2.75) is 38.8 Å². The van der Waals surface area contributed by atoms with Crippen LogP contribution in [0.15, 0.2) is 54.5 Å². The Balaban J connectivity index is 2.42. The average Bonchev–Trinajstić information content (AvgIpc) is 2.68. The van der Waals surface area contributed by atoms with Crippen molar-refractivity contribution >= 4 is 17.8 Å². The Labute approximate surface area is 163 Å². The molecule has 1 atom stereocenters. The number of nitrogens with one attached hydrogen (secondary N) is 1. The maximum atomic E-state index is 12.7. The summed E-state index contributed by atoms with van der Waals surface area (Å²) in [6, 6.07) is 4.10. The number of ether oxygens (including phenoxy) is 1. The maximum absolute atomic E-state index is 12.7. The lowest BCUT2D eigenvalue weighted by Crippen LogP contribution is -2.44. The van der Waals surface area contributed by atoms with Gasteiger partial charge in [0.15, 0.2) is 5.78 Å². The third-order valence-corrected chi connectivity index (χ3v) is 3.34. The van der Waals surface area contributed by atoms with Crippen LogP contribution in [-0.2, 0) is 16.0 Å². The Hall–Kier alpha value is -3.15. The van der Waals surface area contributed by atoms with Crippen molar-refractivity contribution in [1.29, 1.82) is 0 Å². The Morgan fingerprint density at radius 2 is 1.67 bits per heavy atom. The summed E-state index contributed by atoms with van der Waals surface area (Å²) in [6.07, 6.45) is -1.52. The van der Waals surface area contributed by atoms with E-state index in [1.807, 2.05) is 0 Å². The first-order valence-corrected chi connectivity index (χ1v) is 8.24. The zero-order valence-electron chi connectivity index (χ0n) is 19.3. The second-order valence-corrected chi connectivity index (χ2v) is 6.79. The monoisotopic (exact) mass is 377 g/mol. The van der Waals surface area contributed by atoms with Crippen molar-refractivity contribution in [3.63, 3.8) is 0 Å². The molecule has 2 aromatic carbocycles. The predicted molar refractivity (Wildman–Crippen MR) is 101 cm³/mol. The number of carboxylic acids is 1. The number of carboxylic acid groups (broad SMARTS) is 1. The lowest BCUT2D eigenvalue weighted by atomic mass is 9.99. The smallest absolute Gasteiger partial charge is 0.408 e. The van der Waals surface area contributed by atoms with Gasteiger partial charge in [0.2, 0.25) is 0 Å². The molecule has 0 saturated carbocycles. The van der Waals surface area contributed by atoms with Crippen LogP contribution in [-0.4, -0.2) is 34.6 Å². The van der Waals surface area contributed by atoms with E-state index in [2.05, 4.69) is 5.32 Å². The minimum Gasteiger partial charge on any atom is -0.480 e. The minimum absolute atomic E-state index is 0.200. The fraction of sp³-hybridized carbons (Fsp3) is 0.286. The number of rotatable bonds is 6. The van der Waals surface area contributed by atoms with Crippen LogP contribution >= 0.6 is 0 Å². The van der Waals surface area contributed by atoms with Gasteiger partial charge in [-0.25, -0.2) is 9.59 Å². The number of alkyl carbamates (subject to hydrolysis) is 1. The van der Waals surface area contributed by atoms with Crippen molar-refractivity contribution in [2.24, 2.45) is 0 Å². The Morgan fingerprint density at radius 3 is 2.19 bits per heavy atom. The maximum Gasteiger partial charge on any atom is 0.408 e. The van der Waals surface area contributed by atoms with Gasteiger partial charge in [0.05, 0.1) is 5.48 Å². The number of carbonyl (C=O) groups is 3. The van der Waals surface area contributed by atoms with E-state index in [0.29, 0.717) is 0 Å². The zero-order valence-corrected chi connectivity index (χ0v) is 15.3. The number of aliphatic carboxylic acids is 1. The molecule has 0 spiro atoms. The Morgan fingerprint density at radius 1 is 1.07 bits per heavy atom. The highest BCUT2D eigenvalue weighted by molar-refractivity contribution is 6.08. The highest BCUT2D eigenvalue weighted by Gasteiger charge is 2.24. The summed E-state index contributed by atoms with van der Waals surface area (Å²) in [7, 11) is 0. The number of hydrogen-bond acceptors (Lipinski definition) is 4. The molecular weight excluding hydrogens is 346 g/mol. The molecule has 6 nitrogen and oxygen atoms in total. The van der Waals surface area contributed by atoms with Crippen molar-refractivity contribution in [2.75, 3.05) is 0 Å². The first-order chi connectivity index (χ1) is 14.3. The Kier molecular flexibility index (Phi) is 4.70. The van der Waals surface area contributed by atoms with Crippen LogP contribution < -0.4 is 5.32 Å². The van der Waals surface area contributed by atoms with Gasteiger partial charge in [-0.15, -0.1) is 0 Å². The average molecular weight is 377 g/mol. The summed E-state index contributed by atoms with van der Waals surface area (Å²) in [5.41, 5.74) is -1.30. The van der Waals surface area contributed by atoms with Crippen LogP contribution in [0.4, 0.5) is 4.79 Å². The third-order valence-electron chi connectivity index (χ3n) is 3.34. The van der Waals surface area contributed by atoms with Crippen LogP contribution in [0, 0.1) is 0 Å². The summed E-state index contributed by atoms with van der Waals surface area (Å²) >= 11 is 0. The molecule has 0 fully saturated rings. The van der Waals surface area contributed by atoms with Crippen LogP contribution in [0.25, 0.3) is 0 Å². The minimum atomic E-state index is -1.56. The van der Waals surface area contributed by atoms with E-state index in [-0.39, 0.29) is 11.1 Å². The fourth-order valence-corrected chi connectivity index (χ4v) is 2.14. The molecule has 0 aliphatic rings. The molecule has 142 valence electrons. The summed E-state index contributed by atoms with van der Waals surface area (Å²) < 4.78 is 37.8.